The highest BCUT2D eigenvalue weighted by molar-refractivity contribution is 6.09. The minimum atomic E-state index is -4.42. The zero-order chi connectivity index (χ0) is 23.2. The van der Waals surface area contributed by atoms with Crippen molar-refractivity contribution in [2.75, 3.05) is 42.5 Å². The van der Waals surface area contributed by atoms with Crippen molar-refractivity contribution in [3.63, 3.8) is 0 Å². The Morgan fingerprint density at radius 1 is 1.09 bits per heavy atom. The van der Waals surface area contributed by atoms with E-state index in [1.54, 1.807) is 17.1 Å². The summed E-state index contributed by atoms with van der Waals surface area (Å²) >= 11 is 0. The molecular weight excluding hydrogens is 433 g/mol. The number of hydrogen-bond acceptors (Lipinski definition) is 5. The van der Waals surface area contributed by atoms with E-state index in [1.807, 2.05) is 19.1 Å². The number of hydrogen-bond donors (Lipinski definition) is 1. The van der Waals surface area contributed by atoms with Crippen molar-refractivity contribution in [2.45, 2.75) is 19.1 Å². The predicted molar refractivity (Wildman–Crippen MR) is 118 cm³/mol. The van der Waals surface area contributed by atoms with Crippen LogP contribution in [-0.4, -0.2) is 53.4 Å². The van der Waals surface area contributed by atoms with E-state index >= 15 is 0 Å². The fourth-order valence-electron chi connectivity index (χ4n) is 4.38. The quantitative estimate of drug-likeness (QED) is 0.653. The molecule has 0 spiro atoms. The summed E-state index contributed by atoms with van der Waals surface area (Å²) in [4.78, 5) is 21.7. The van der Waals surface area contributed by atoms with Crippen LogP contribution >= 0.6 is 0 Å². The fraction of sp³-hybridized carbons (Fsp3) is 0.348. The molecule has 172 valence electrons. The van der Waals surface area contributed by atoms with Crippen molar-refractivity contribution < 1.29 is 18.0 Å². The Hall–Kier alpha value is -3.40. The van der Waals surface area contributed by atoms with Crippen LogP contribution in [0.3, 0.4) is 0 Å². The summed E-state index contributed by atoms with van der Waals surface area (Å²) in [7, 11) is 0. The van der Waals surface area contributed by atoms with Gasteiger partial charge in [-0.25, -0.2) is 4.98 Å². The van der Waals surface area contributed by atoms with Gasteiger partial charge in [-0.15, -0.1) is 0 Å². The number of aromatic nitrogens is 3. The average molecular weight is 456 g/mol. The van der Waals surface area contributed by atoms with Gasteiger partial charge in [0.15, 0.2) is 0 Å². The van der Waals surface area contributed by atoms with Gasteiger partial charge in [0.2, 0.25) is 0 Å². The van der Waals surface area contributed by atoms with Crippen molar-refractivity contribution in [1.29, 1.82) is 0 Å². The van der Waals surface area contributed by atoms with E-state index in [4.69, 9.17) is 0 Å². The van der Waals surface area contributed by atoms with Crippen molar-refractivity contribution >= 4 is 17.4 Å². The fourth-order valence-corrected chi connectivity index (χ4v) is 4.38. The second kappa shape index (κ2) is 8.18. The highest BCUT2D eigenvalue weighted by Crippen LogP contribution is 2.35. The molecule has 1 N–H and O–H groups in total. The number of anilines is 2. The van der Waals surface area contributed by atoms with E-state index in [2.05, 4.69) is 20.3 Å². The van der Waals surface area contributed by atoms with Crippen molar-refractivity contribution in [2.24, 2.45) is 0 Å². The highest BCUT2D eigenvalue weighted by Gasteiger charge is 2.35. The van der Waals surface area contributed by atoms with Crippen LogP contribution in [0, 0.1) is 0 Å². The number of halogens is 3. The molecular formula is C23H23F3N6O. The molecule has 1 atom stereocenters. The van der Waals surface area contributed by atoms with Crippen LogP contribution in [0.5, 0.6) is 0 Å². The van der Waals surface area contributed by atoms with Gasteiger partial charge in [-0.2, -0.15) is 18.3 Å². The lowest BCUT2D eigenvalue weighted by Crippen LogP contribution is -2.43. The number of carbonyl (C=O) groups excluding carboxylic acids is 1. The Morgan fingerprint density at radius 3 is 2.52 bits per heavy atom. The molecule has 0 bridgehead atoms. The summed E-state index contributed by atoms with van der Waals surface area (Å²) in [6.45, 7) is 5.71. The van der Waals surface area contributed by atoms with Crippen LogP contribution in [0.25, 0.3) is 11.1 Å². The summed E-state index contributed by atoms with van der Waals surface area (Å²) in [5, 5.41) is 7.77. The molecule has 10 heteroatoms. The summed E-state index contributed by atoms with van der Waals surface area (Å²) in [5.41, 5.74) is 1.61. The Morgan fingerprint density at radius 2 is 1.82 bits per heavy atom. The Bertz CT molecular complexity index is 1170. The number of carbonyl (C=O) groups is 1. The molecule has 2 aliphatic rings. The third kappa shape index (κ3) is 3.95. The number of amides is 1. The molecule has 33 heavy (non-hydrogen) atoms. The predicted octanol–water partition coefficient (Wildman–Crippen LogP) is 3.59. The molecule has 0 radical (unpaired) electrons. The van der Waals surface area contributed by atoms with Crippen LogP contribution in [0.1, 0.15) is 29.0 Å². The van der Waals surface area contributed by atoms with Gasteiger partial charge in [-0.1, -0.05) is 0 Å². The van der Waals surface area contributed by atoms with Gasteiger partial charge >= 0.3 is 6.18 Å². The molecule has 1 fully saturated rings. The number of rotatable bonds is 3. The third-order valence-electron chi connectivity index (χ3n) is 6.11. The Balaban J connectivity index is 1.49. The van der Waals surface area contributed by atoms with E-state index < -0.39 is 11.7 Å². The lowest BCUT2D eigenvalue weighted by molar-refractivity contribution is -0.137. The largest absolute Gasteiger partial charge is 0.416 e. The minimum Gasteiger partial charge on any atom is -0.354 e. The van der Waals surface area contributed by atoms with E-state index in [9.17, 15) is 18.0 Å². The number of benzene rings is 1. The van der Waals surface area contributed by atoms with Crippen LogP contribution in [0.15, 0.2) is 48.8 Å². The first-order valence-electron chi connectivity index (χ1n) is 10.8. The van der Waals surface area contributed by atoms with Gasteiger partial charge in [0.05, 0.1) is 17.8 Å². The average Bonchev–Trinajstić information content (AvgIpc) is 3.28. The number of nitrogens with zero attached hydrogens (tertiary/aromatic N) is 5. The molecule has 0 aliphatic carbocycles. The van der Waals surface area contributed by atoms with Gasteiger partial charge in [0, 0.05) is 50.2 Å². The molecule has 4 heterocycles. The molecule has 0 saturated carbocycles. The van der Waals surface area contributed by atoms with Gasteiger partial charge < -0.3 is 15.1 Å². The summed E-state index contributed by atoms with van der Waals surface area (Å²) < 4.78 is 40.6. The molecule has 3 aromatic rings. The van der Waals surface area contributed by atoms with Crippen LogP contribution in [-0.2, 0) is 6.18 Å². The Labute approximate surface area is 188 Å². The molecule has 7 nitrogen and oxygen atoms in total. The molecule has 2 aromatic heterocycles. The van der Waals surface area contributed by atoms with Gasteiger partial charge in [0.25, 0.3) is 5.91 Å². The molecule has 5 rings (SSSR count). The molecule has 1 amide bonds. The van der Waals surface area contributed by atoms with E-state index in [0.717, 1.165) is 49.7 Å². The third-order valence-corrected chi connectivity index (χ3v) is 6.11. The maximum absolute atomic E-state index is 13.5. The number of pyridine rings is 1. The minimum absolute atomic E-state index is 0.136. The van der Waals surface area contributed by atoms with Crippen molar-refractivity contribution in [1.82, 2.24) is 20.1 Å². The summed E-state index contributed by atoms with van der Waals surface area (Å²) in [5.74, 6) is 0.547. The Kier molecular flexibility index (Phi) is 5.32. The maximum Gasteiger partial charge on any atom is 0.416 e. The topological polar surface area (TPSA) is 66.3 Å². The van der Waals surface area contributed by atoms with Crippen LogP contribution in [0.2, 0.25) is 0 Å². The lowest BCUT2D eigenvalue weighted by Gasteiger charge is -2.32. The number of alkyl halides is 3. The lowest BCUT2D eigenvalue weighted by atomic mass is 10.0. The number of piperazine rings is 1. The molecule has 1 saturated heterocycles. The second-order valence-electron chi connectivity index (χ2n) is 8.30. The van der Waals surface area contributed by atoms with Crippen LogP contribution < -0.4 is 15.1 Å². The normalized spacial score (nSPS) is 19.0. The zero-order valence-corrected chi connectivity index (χ0v) is 18.0. The zero-order valence-electron chi connectivity index (χ0n) is 18.0. The van der Waals surface area contributed by atoms with E-state index in [-0.39, 0.29) is 11.9 Å². The van der Waals surface area contributed by atoms with E-state index in [0.29, 0.717) is 23.5 Å². The van der Waals surface area contributed by atoms with Gasteiger partial charge in [-0.3, -0.25) is 9.48 Å². The first-order valence-corrected chi connectivity index (χ1v) is 10.8. The SMILES string of the molecule is CC1CN(c2ccc(C(F)(F)F)cc2)C(=O)c2c(-c3ccnc(N4CCNCC4)c3)cnn21. The first-order chi connectivity index (χ1) is 15.8. The maximum atomic E-state index is 13.5. The standard InChI is InChI=1S/C23H23F3N6O/c1-15-14-31(18-4-2-17(3-5-18)23(24,25)26)22(33)21-19(13-29-32(15)21)16-6-7-28-20(12-16)30-10-8-27-9-11-30/h2-7,12-13,15,27H,8-11,14H2,1H3. The van der Waals surface area contributed by atoms with Crippen LogP contribution in [0.4, 0.5) is 24.7 Å². The van der Waals surface area contributed by atoms with Crippen molar-refractivity contribution in [3.05, 3.63) is 60.0 Å². The van der Waals surface area contributed by atoms with E-state index in [1.165, 1.54) is 17.0 Å². The molecule has 1 aromatic carbocycles. The highest BCUT2D eigenvalue weighted by atomic mass is 19.4. The molecule has 2 aliphatic heterocycles. The smallest absolute Gasteiger partial charge is 0.354 e. The van der Waals surface area contributed by atoms with Gasteiger partial charge in [-0.05, 0) is 48.9 Å². The second-order valence-corrected chi connectivity index (χ2v) is 8.30. The summed E-state index contributed by atoms with van der Waals surface area (Å²) in [6.07, 6.45) is -1.02. The summed E-state index contributed by atoms with van der Waals surface area (Å²) in [6, 6.07) is 8.35. The van der Waals surface area contributed by atoms with Gasteiger partial charge in [0.1, 0.15) is 11.5 Å². The number of fused-ring (bicyclic) bond motifs is 1. The monoisotopic (exact) mass is 456 g/mol. The molecule has 1 unspecified atom stereocenters. The first kappa shape index (κ1) is 21.4. The van der Waals surface area contributed by atoms with Crippen molar-refractivity contribution in [3.8, 4) is 11.1 Å². The number of nitrogens with one attached hydrogen (secondary N) is 1.